The molecule has 0 spiro atoms. The number of nitrogens with zero attached hydrogens (tertiary/aromatic N) is 2. The molecule has 0 saturated carbocycles. The molecule has 0 saturated heterocycles. The Morgan fingerprint density at radius 2 is 1.53 bits per heavy atom. The van der Waals surface area contributed by atoms with Crippen molar-refractivity contribution in [3.63, 3.8) is 0 Å². The van der Waals surface area contributed by atoms with Crippen molar-refractivity contribution < 1.29 is 37.3 Å². The van der Waals surface area contributed by atoms with E-state index in [0.29, 0.717) is 22.8 Å². The molecule has 11 nitrogen and oxygen atoms in total. The number of amides is 2. The van der Waals surface area contributed by atoms with Gasteiger partial charge in [0.2, 0.25) is 5.75 Å². The lowest BCUT2D eigenvalue weighted by Crippen LogP contribution is -2.20. The van der Waals surface area contributed by atoms with E-state index in [0.717, 1.165) is 17.1 Å². The highest BCUT2D eigenvalue weighted by molar-refractivity contribution is 5.93. The van der Waals surface area contributed by atoms with Gasteiger partial charge in [-0.1, -0.05) is 0 Å². The molecule has 2 amide bonds. The number of hydrogen-bond acceptors (Lipinski definition) is 8. The summed E-state index contributed by atoms with van der Waals surface area (Å²) in [5, 5.41) is 6.62. The molecule has 5 aromatic rings. The first-order valence-corrected chi connectivity index (χ1v) is 14.5. The number of benzene rings is 3. The highest BCUT2D eigenvalue weighted by atomic mass is 19.1. The summed E-state index contributed by atoms with van der Waals surface area (Å²) in [6.07, 6.45) is 1.39. The summed E-state index contributed by atoms with van der Waals surface area (Å²) in [6.45, 7) is 3.89. The van der Waals surface area contributed by atoms with Gasteiger partial charge in [-0.2, -0.15) is 5.10 Å². The molecule has 0 aliphatic rings. The van der Waals surface area contributed by atoms with E-state index in [-0.39, 0.29) is 36.2 Å². The minimum absolute atomic E-state index is 0.0625. The number of aryl methyl sites for hydroxylation is 2. The highest BCUT2D eigenvalue weighted by Gasteiger charge is 2.16. The molecule has 47 heavy (non-hydrogen) atoms. The van der Waals surface area contributed by atoms with Gasteiger partial charge in [0, 0.05) is 28.3 Å². The van der Waals surface area contributed by atoms with Gasteiger partial charge in [-0.15, -0.1) is 0 Å². The fraction of sp³-hybridized carbons (Fsp3) is 0.171. The lowest BCUT2D eigenvalue weighted by molar-refractivity contribution is -0.118. The molecule has 0 radical (unpaired) electrons. The molecule has 2 aromatic heterocycles. The molecule has 0 atom stereocenters. The van der Waals surface area contributed by atoms with Gasteiger partial charge >= 0.3 is 5.91 Å². The second-order valence-electron chi connectivity index (χ2n) is 10.3. The molecule has 0 unspecified atom stereocenters. The van der Waals surface area contributed by atoms with Crippen molar-refractivity contribution >= 4 is 23.7 Å². The van der Waals surface area contributed by atoms with Gasteiger partial charge in [0.15, 0.2) is 23.9 Å². The van der Waals surface area contributed by atoms with E-state index in [9.17, 15) is 14.0 Å². The Labute approximate surface area is 270 Å². The predicted molar refractivity (Wildman–Crippen MR) is 173 cm³/mol. The van der Waals surface area contributed by atoms with E-state index in [1.807, 2.05) is 24.3 Å². The van der Waals surface area contributed by atoms with Crippen LogP contribution in [0.15, 0.2) is 94.4 Å². The molecule has 0 bridgehead atoms. The van der Waals surface area contributed by atoms with Crippen LogP contribution in [0.2, 0.25) is 0 Å². The molecular weight excluding hydrogens is 607 g/mol. The maximum atomic E-state index is 13.1. The summed E-state index contributed by atoms with van der Waals surface area (Å²) in [5.74, 6) is 0.499. The third-order valence-corrected chi connectivity index (χ3v) is 6.97. The maximum absolute atomic E-state index is 13.1. The molecular formula is C35H33FN4O7. The summed E-state index contributed by atoms with van der Waals surface area (Å²) in [6, 6.07) is 23.6. The van der Waals surface area contributed by atoms with E-state index in [2.05, 4.69) is 46.4 Å². The van der Waals surface area contributed by atoms with Crippen LogP contribution in [0.5, 0.6) is 23.0 Å². The summed E-state index contributed by atoms with van der Waals surface area (Å²) in [7, 11) is 2.86. The monoisotopic (exact) mass is 640 g/mol. The van der Waals surface area contributed by atoms with Gasteiger partial charge in [-0.3, -0.25) is 9.59 Å². The van der Waals surface area contributed by atoms with E-state index < -0.39 is 17.6 Å². The van der Waals surface area contributed by atoms with Crippen molar-refractivity contribution in [3.05, 3.63) is 119 Å². The second-order valence-corrected chi connectivity index (χ2v) is 10.3. The number of methoxy groups -OCH3 is 2. The van der Waals surface area contributed by atoms with Crippen LogP contribution in [0.1, 0.15) is 33.3 Å². The fourth-order valence-electron chi connectivity index (χ4n) is 4.70. The summed E-state index contributed by atoms with van der Waals surface area (Å²) in [5.41, 5.74) is 6.70. The van der Waals surface area contributed by atoms with E-state index >= 15 is 0 Å². The smallest absolute Gasteiger partial charge is 0.307 e. The molecule has 0 aliphatic heterocycles. The second kappa shape index (κ2) is 14.8. The molecule has 2 N–H and O–H groups in total. The lowest BCUT2D eigenvalue weighted by Gasteiger charge is -2.15. The molecule has 3 aromatic carbocycles. The Morgan fingerprint density at radius 1 is 0.872 bits per heavy atom. The Balaban J connectivity index is 1.14. The van der Waals surface area contributed by atoms with Gasteiger partial charge < -0.3 is 33.2 Å². The number of hydrogen-bond donors (Lipinski definition) is 2. The van der Waals surface area contributed by atoms with E-state index in [1.165, 1.54) is 50.8 Å². The molecule has 242 valence electrons. The molecule has 5 rings (SSSR count). The van der Waals surface area contributed by atoms with Gasteiger partial charge in [-0.25, -0.2) is 9.82 Å². The van der Waals surface area contributed by atoms with Crippen LogP contribution in [0.25, 0.3) is 5.69 Å². The van der Waals surface area contributed by atoms with E-state index in [4.69, 9.17) is 23.4 Å². The maximum Gasteiger partial charge on any atom is 0.307 e. The minimum Gasteiger partial charge on any atom is -0.493 e. The Kier molecular flexibility index (Phi) is 10.2. The zero-order chi connectivity index (χ0) is 33.3. The zero-order valence-electron chi connectivity index (χ0n) is 26.2. The van der Waals surface area contributed by atoms with Crippen molar-refractivity contribution in [3.8, 4) is 28.7 Å². The average molecular weight is 641 g/mol. The minimum atomic E-state index is -0.555. The summed E-state index contributed by atoms with van der Waals surface area (Å²) < 4.78 is 43.3. The number of ether oxygens (including phenoxy) is 4. The van der Waals surface area contributed by atoms with Gasteiger partial charge in [0.05, 0.1) is 20.4 Å². The first kappa shape index (κ1) is 32.4. The predicted octanol–water partition coefficient (Wildman–Crippen LogP) is 6.20. The average Bonchev–Trinajstić information content (AvgIpc) is 3.69. The topological polar surface area (TPSA) is 126 Å². The summed E-state index contributed by atoms with van der Waals surface area (Å²) in [4.78, 5) is 25.0. The molecule has 2 heterocycles. The van der Waals surface area contributed by atoms with Crippen molar-refractivity contribution in [1.82, 2.24) is 9.99 Å². The standard InChI is InChI=1S/C35H33FN4O7/c1-22-5-6-23(2)40(22)27-11-13-28(14-12-27)45-20-29-15-16-30(47-29)35(42)39-37-19-24-17-31(43-3)34(32(18-24)44-4)46-21-33(41)38-26-9-7-25(36)8-10-26/h5-19H,20-21H2,1-4H3,(H,38,41)(H,39,42)/b37-19+. The Morgan fingerprint density at radius 3 is 2.17 bits per heavy atom. The Bertz CT molecular complexity index is 1830. The third kappa shape index (κ3) is 8.17. The zero-order valence-corrected chi connectivity index (χ0v) is 26.2. The van der Waals surface area contributed by atoms with Crippen LogP contribution in [-0.2, 0) is 11.4 Å². The lowest BCUT2D eigenvalue weighted by atomic mass is 10.2. The molecule has 0 fully saturated rings. The van der Waals surface area contributed by atoms with Crippen LogP contribution in [0.4, 0.5) is 10.1 Å². The highest BCUT2D eigenvalue weighted by Crippen LogP contribution is 2.38. The number of hydrazone groups is 1. The van der Waals surface area contributed by atoms with Crippen LogP contribution in [0.3, 0.4) is 0 Å². The molecule has 0 aliphatic carbocycles. The number of aromatic nitrogens is 1. The van der Waals surface area contributed by atoms with Crippen molar-refractivity contribution in [2.45, 2.75) is 20.5 Å². The Hall–Kier alpha value is -6.04. The van der Waals surface area contributed by atoms with E-state index in [1.54, 1.807) is 18.2 Å². The molecule has 12 heteroatoms. The van der Waals surface area contributed by atoms with Crippen molar-refractivity contribution in [1.29, 1.82) is 0 Å². The number of carbonyl (C=O) groups is 2. The number of carbonyl (C=O) groups excluding carboxylic acids is 2. The summed E-state index contributed by atoms with van der Waals surface area (Å²) >= 11 is 0. The van der Waals surface area contributed by atoms with Crippen molar-refractivity contribution in [2.24, 2.45) is 5.10 Å². The fourth-order valence-corrected chi connectivity index (χ4v) is 4.70. The van der Waals surface area contributed by atoms with Crippen LogP contribution >= 0.6 is 0 Å². The normalized spacial score (nSPS) is 10.9. The number of furan rings is 1. The van der Waals surface area contributed by atoms with Crippen LogP contribution in [0, 0.1) is 19.7 Å². The first-order valence-electron chi connectivity index (χ1n) is 14.5. The number of nitrogens with one attached hydrogen (secondary N) is 2. The van der Waals surface area contributed by atoms with Crippen LogP contribution < -0.4 is 29.7 Å². The largest absolute Gasteiger partial charge is 0.493 e. The quantitative estimate of drug-likeness (QED) is 0.116. The first-order chi connectivity index (χ1) is 22.7. The van der Waals surface area contributed by atoms with Crippen molar-refractivity contribution in [2.75, 3.05) is 26.1 Å². The number of anilines is 1. The number of halogens is 1. The number of rotatable bonds is 13. The van der Waals surface area contributed by atoms with Gasteiger partial charge in [0.1, 0.15) is 23.9 Å². The SMILES string of the molecule is COc1cc(/C=N/NC(=O)c2ccc(COc3ccc(-n4c(C)ccc4C)cc3)o2)cc(OC)c1OCC(=O)Nc1ccc(F)cc1. The van der Waals surface area contributed by atoms with Gasteiger partial charge in [0.25, 0.3) is 5.91 Å². The van der Waals surface area contributed by atoms with Gasteiger partial charge in [-0.05, 0) is 98.8 Å². The third-order valence-electron chi connectivity index (χ3n) is 6.97. The van der Waals surface area contributed by atoms with Crippen LogP contribution in [-0.4, -0.2) is 43.4 Å².